The van der Waals surface area contributed by atoms with E-state index in [1.54, 1.807) is 18.0 Å². The number of hydrogen-bond donors (Lipinski definition) is 2. The lowest BCUT2D eigenvalue weighted by molar-refractivity contribution is 0.415. The fraction of sp³-hybridized carbons (Fsp3) is 0.143. The van der Waals surface area contributed by atoms with Crippen LogP contribution < -0.4 is 10.3 Å². The van der Waals surface area contributed by atoms with E-state index in [4.69, 9.17) is 4.74 Å². The molecule has 2 aromatic carbocycles. The molecular weight excluding hydrogens is 340 g/mol. The van der Waals surface area contributed by atoms with Crippen molar-refractivity contribution in [3.8, 4) is 5.75 Å². The molecular formula is C21H18N4O2. The van der Waals surface area contributed by atoms with E-state index in [-0.39, 0.29) is 5.56 Å². The van der Waals surface area contributed by atoms with Gasteiger partial charge in [0.1, 0.15) is 16.8 Å². The number of para-hydroxylation sites is 1. The van der Waals surface area contributed by atoms with Crippen molar-refractivity contribution in [2.45, 2.75) is 13.0 Å². The van der Waals surface area contributed by atoms with Crippen molar-refractivity contribution in [2.24, 2.45) is 0 Å². The molecule has 134 valence electrons. The van der Waals surface area contributed by atoms with Crippen LogP contribution >= 0.6 is 0 Å². The number of H-pyrrole nitrogens is 2. The third-order valence-corrected chi connectivity index (χ3v) is 5.08. The summed E-state index contributed by atoms with van der Waals surface area (Å²) in [6.45, 7) is 0.572. The summed E-state index contributed by atoms with van der Waals surface area (Å²) in [4.78, 5) is 23.9. The molecule has 5 rings (SSSR count). The Morgan fingerprint density at radius 3 is 2.89 bits per heavy atom. The van der Waals surface area contributed by atoms with Gasteiger partial charge in [-0.2, -0.15) is 0 Å². The monoisotopic (exact) mass is 358 g/mol. The summed E-state index contributed by atoms with van der Waals surface area (Å²) in [6.07, 6.45) is 4.40. The molecule has 0 aliphatic rings. The molecule has 0 amide bonds. The van der Waals surface area contributed by atoms with Crippen LogP contribution in [-0.4, -0.2) is 26.6 Å². The molecule has 2 N–H and O–H groups in total. The van der Waals surface area contributed by atoms with Crippen LogP contribution in [0.5, 0.6) is 5.75 Å². The lowest BCUT2D eigenvalue weighted by Crippen LogP contribution is -2.21. The number of nitrogens with zero attached hydrogens (tertiary/aromatic N) is 2. The number of aromatic nitrogens is 4. The number of nitrogens with one attached hydrogen (secondary N) is 2. The maximum atomic E-state index is 12.9. The Kier molecular flexibility index (Phi) is 3.50. The molecule has 0 saturated heterocycles. The second-order valence-corrected chi connectivity index (χ2v) is 6.61. The van der Waals surface area contributed by atoms with Crippen molar-refractivity contribution in [3.05, 3.63) is 70.9 Å². The van der Waals surface area contributed by atoms with Crippen molar-refractivity contribution in [3.63, 3.8) is 0 Å². The van der Waals surface area contributed by atoms with Crippen LogP contribution in [0, 0.1) is 0 Å². The van der Waals surface area contributed by atoms with E-state index in [1.807, 2.05) is 36.5 Å². The molecule has 6 nitrogen and oxygen atoms in total. The molecule has 27 heavy (non-hydrogen) atoms. The van der Waals surface area contributed by atoms with E-state index in [0.29, 0.717) is 17.6 Å². The fourth-order valence-electron chi connectivity index (χ4n) is 3.63. The quantitative estimate of drug-likeness (QED) is 0.515. The third-order valence-electron chi connectivity index (χ3n) is 5.08. The number of aromatic amines is 2. The van der Waals surface area contributed by atoms with Gasteiger partial charge in [-0.3, -0.25) is 9.36 Å². The standard InChI is InChI=1S/C21H18N4O2/c1-27-14-6-7-18-16(10-14)19-20(24-18)21(26)25(12-23-19)9-8-13-11-22-17-5-3-2-4-15(13)17/h2-7,10-12,22,24H,8-9H2,1H3. The number of ether oxygens (including phenoxy) is 1. The van der Waals surface area contributed by atoms with Crippen molar-refractivity contribution < 1.29 is 4.74 Å². The van der Waals surface area contributed by atoms with Crippen molar-refractivity contribution in [1.82, 2.24) is 19.5 Å². The molecule has 0 unspecified atom stereocenters. The number of rotatable bonds is 4. The summed E-state index contributed by atoms with van der Waals surface area (Å²) in [6, 6.07) is 13.9. The van der Waals surface area contributed by atoms with Gasteiger partial charge < -0.3 is 14.7 Å². The Morgan fingerprint density at radius 2 is 2.00 bits per heavy atom. The summed E-state index contributed by atoms with van der Waals surface area (Å²) in [5.74, 6) is 0.744. The highest BCUT2D eigenvalue weighted by Gasteiger charge is 2.12. The summed E-state index contributed by atoms with van der Waals surface area (Å²) in [5.41, 5.74) is 4.33. The Morgan fingerprint density at radius 1 is 1.11 bits per heavy atom. The van der Waals surface area contributed by atoms with Gasteiger partial charge in [0.15, 0.2) is 0 Å². The molecule has 0 spiro atoms. The third kappa shape index (κ3) is 2.49. The summed E-state index contributed by atoms with van der Waals surface area (Å²) < 4.78 is 6.95. The molecule has 0 saturated carbocycles. The van der Waals surface area contributed by atoms with Gasteiger partial charge in [0.25, 0.3) is 5.56 Å². The average Bonchev–Trinajstić information content (AvgIpc) is 3.29. The van der Waals surface area contributed by atoms with Crippen LogP contribution in [0.3, 0.4) is 0 Å². The summed E-state index contributed by atoms with van der Waals surface area (Å²) in [5, 5.41) is 2.09. The van der Waals surface area contributed by atoms with E-state index >= 15 is 0 Å². The highest BCUT2D eigenvalue weighted by molar-refractivity contribution is 6.04. The number of benzene rings is 2. The van der Waals surface area contributed by atoms with Crippen LogP contribution in [0.25, 0.3) is 32.8 Å². The molecule has 0 atom stereocenters. The maximum Gasteiger partial charge on any atom is 0.277 e. The molecule has 3 aromatic heterocycles. The Bertz CT molecular complexity index is 1340. The number of methoxy groups -OCH3 is 1. The number of hydrogen-bond acceptors (Lipinski definition) is 3. The molecule has 0 bridgehead atoms. The van der Waals surface area contributed by atoms with Gasteiger partial charge in [-0.15, -0.1) is 0 Å². The molecule has 6 heteroatoms. The highest BCUT2D eigenvalue weighted by atomic mass is 16.5. The van der Waals surface area contributed by atoms with Gasteiger partial charge >= 0.3 is 0 Å². The zero-order valence-corrected chi connectivity index (χ0v) is 14.8. The molecule has 0 aliphatic carbocycles. The van der Waals surface area contributed by atoms with E-state index < -0.39 is 0 Å². The largest absolute Gasteiger partial charge is 0.497 e. The normalized spacial score (nSPS) is 11.6. The van der Waals surface area contributed by atoms with E-state index in [2.05, 4.69) is 27.1 Å². The minimum absolute atomic E-state index is 0.0602. The second-order valence-electron chi connectivity index (χ2n) is 6.61. The fourth-order valence-corrected chi connectivity index (χ4v) is 3.63. The van der Waals surface area contributed by atoms with E-state index in [9.17, 15) is 4.79 Å². The average molecular weight is 358 g/mol. The smallest absolute Gasteiger partial charge is 0.277 e. The predicted octanol–water partition coefficient (Wildman–Crippen LogP) is 3.61. The van der Waals surface area contributed by atoms with Gasteiger partial charge in [-0.05, 0) is 36.2 Å². The van der Waals surface area contributed by atoms with Gasteiger partial charge in [0.2, 0.25) is 0 Å². The Hall–Kier alpha value is -3.54. The first-order valence-corrected chi connectivity index (χ1v) is 8.84. The van der Waals surface area contributed by atoms with Crippen LogP contribution in [0.1, 0.15) is 5.56 Å². The van der Waals surface area contributed by atoms with Gasteiger partial charge in [0, 0.05) is 34.5 Å². The number of fused-ring (bicyclic) bond motifs is 4. The van der Waals surface area contributed by atoms with Crippen molar-refractivity contribution in [1.29, 1.82) is 0 Å². The Labute approximate surface area is 154 Å². The van der Waals surface area contributed by atoms with Crippen LogP contribution in [0.15, 0.2) is 59.8 Å². The summed E-state index contributed by atoms with van der Waals surface area (Å²) >= 11 is 0. The predicted molar refractivity (Wildman–Crippen MR) is 106 cm³/mol. The molecule has 3 heterocycles. The van der Waals surface area contributed by atoms with Crippen molar-refractivity contribution >= 4 is 32.8 Å². The first-order valence-electron chi connectivity index (χ1n) is 8.84. The SMILES string of the molecule is COc1ccc2[nH]c3c(=O)n(CCc4c[nH]c5ccccc45)cnc3c2c1. The number of aryl methyl sites for hydroxylation is 2. The minimum Gasteiger partial charge on any atom is -0.497 e. The second kappa shape index (κ2) is 6.02. The Balaban J connectivity index is 1.53. The first-order chi connectivity index (χ1) is 13.2. The summed E-state index contributed by atoms with van der Waals surface area (Å²) in [7, 11) is 1.63. The van der Waals surface area contributed by atoms with Crippen molar-refractivity contribution in [2.75, 3.05) is 7.11 Å². The zero-order valence-electron chi connectivity index (χ0n) is 14.8. The topological polar surface area (TPSA) is 75.7 Å². The van der Waals surface area contributed by atoms with Gasteiger partial charge in [-0.1, -0.05) is 18.2 Å². The molecule has 0 aliphatic heterocycles. The lowest BCUT2D eigenvalue weighted by Gasteiger charge is -2.05. The molecule has 0 fully saturated rings. The highest BCUT2D eigenvalue weighted by Crippen LogP contribution is 2.25. The minimum atomic E-state index is -0.0602. The van der Waals surface area contributed by atoms with Crippen LogP contribution in [-0.2, 0) is 13.0 Å². The molecule has 0 radical (unpaired) electrons. The molecule has 5 aromatic rings. The van der Waals surface area contributed by atoms with E-state index in [0.717, 1.165) is 28.6 Å². The van der Waals surface area contributed by atoms with Gasteiger partial charge in [-0.25, -0.2) is 4.98 Å². The van der Waals surface area contributed by atoms with Crippen LogP contribution in [0.4, 0.5) is 0 Å². The zero-order chi connectivity index (χ0) is 18.4. The maximum absolute atomic E-state index is 12.9. The lowest BCUT2D eigenvalue weighted by atomic mass is 10.1. The van der Waals surface area contributed by atoms with Gasteiger partial charge in [0.05, 0.1) is 13.4 Å². The van der Waals surface area contributed by atoms with Crippen LogP contribution in [0.2, 0.25) is 0 Å². The van der Waals surface area contributed by atoms with E-state index in [1.165, 1.54) is 10.9 Å². The first kappa shape index (κ1) is 15.7.